The number of rotatable bonds is 5. The molecule has 11 heteroatoms. The number of aromatic nitrogens is 2. The number of nitrogens with one attached hydrogen (secondary N) is 2. The van der Waals surface area contributed by atoms with Gasteiger partial charge in [0.25, 0.3) is 10.0 Å². The summed E-state index contributed by atoms with van der Waals surface area (Å²) in [6.07, 6.45) is 0.440. The van der Waals surface area contributed by atoms with E-state index in [9.17, 15) is 13.2 Å². The molecule has 1 aliphatic heterocycles. The first kappa shape index (κ1) is 21.3. The number of carbonyl (C=O) groups excluding carboxylic acids is 1. The molecule has 2 aromatic rings. The number of amides is 1. The highest BCUT2D eigenvalue weighted by Crippen LogP contribution is 2.22. The van der Waals surface area contributed by atoms with E-state index in [0.29, 0.717) is 18.8 Å². The highest BCUT2D eigenvalue weighted by Gasteiger charge is 2.30. The van der Waals surface area contributed by atoms with Crippen molar-refractivity contribution >= 4 is 39.0 Å². The van der Waals surface area contributed by atoms with Gasteiger partial charge in [-0.25, -0.2) is 14.8 Å². The second-order valence-corrected chi connectivity index (χ2v) is 10.2. The van der Waals surface area contributed by atoms with Crippen LogP contribution in [0.1, 0.15) is 32.9 Å². The van der Waals surface area contributed by atoms with E-state index in [-0.39, 0.29) is 23.0 Å². The molecule has 1 saturated heterocycles. The Bertz CT molecular complexity index is 971. The number of aryl methyl sites for hydroxylation is 1. The summed E-state index contributed by atoms with van der Waals surface area (Å²) in [5.74, 6) is 0.268. The van der Waals surface area contributed by atoms with Crippen molar-refractivity contribution in [1.29, 1.82) is 0 Å². The Morgan fingerprint density at radius 1 is 1.34 bits per heavy atom. The van der Waals surface area contributed by atoms with Crippen LogP contribution in [0.3, 0.4) is 0 Å². The number of sulfonamides is 1. The predicted octanol–water partition coefficient (Wildman–Crippen LogP) is 3.07. The molecule has 9 nitrogen and oxygen atoms in total. The van der Waals surface area contributed by atoms with Gasteiger partial charge in [-0.2, -0.15) is 8.42 Å². The molecule has 3 heterocycles. The summed E-state index contributed by atoms with van der Waals surface area (Å²) in [5.41, 5.74) is 2.30. The van der Waals surface area contributed by atoms with Crippen LogP contribution in [-0.2, 0) is 14.8 Å². The van der Waals surface area contributed by atoms with Crippen molar-refractivity contribution in [2.24, 2.45) is 0 Å². The van der Waals surface area contributed by atoms with E-state index in [1.165, 1.54) is 17.4 Å². The summed E-state index contributed by atoms with van der Waals surface area (Å²) in [6.45, 7) is 8.37. The average Bonchev–Trinajstić information content (AvgIpc) is 3.26. The predicted molar refractivity (Wildman–Crippen MR) is 112 cm³/mol. The minimum absolute atomic E-state index is 0.0404. The molecular weight excluding hydrogens is 414 g/mol. The van der Waals surface area contributed by atoms with Gasteiger partial charge in [-0.1, -0.05) is 0 Å². The molecule has 0 spiro atoms. The molecule has 3 rings (SSSR count). The van der Waals surface area contributed by atoms with Crippen molar-refractivity contribution < 1.29 is 17.9 Å². The topological polar surface area (TPSA) is 114 Å². The summed E-state index contributed by atoms with van der Waals surface area (Å²) in [7, 11) is -3.80. The third-order valence-corrected chi connectivity index (χ3v) is 6.05. The van der Waals surface area contributed by atoms with Gasteiger partial charge in [-0.3, -0.25) is 4.72 Å². The number of ether oxygens (including phenoxy) is 1. The third-order valence-electron chi connectivity index (χ3n) is 4.21. The molecule has 1 atom stereocenters. The van der Waals surface area contributed by atoms with Crippen LogP contribution in [0.4, 0.5) is 16.3 Å². The Balaban J connectivity index is 1.63. The fraction of sp³-hybridized carbons (Fsp3) is 0.500. The maximum Gasteiger partial charge on any atom is 0.410 e. The fourth-order valence-electron chi connectivity index (χ4n) is 2.88. The number of anilines is 2. The SMILES string of the molecule is Cc1nc(S(=O)(=O)Nc2cscn2)ccc1NC1CCN(C(=O)OC(C)(C)C)C1. The van der Waals surface area contributed by atoms with Gasteiger partial charge >= 0.3 is 6.09 Å². The summed E-state index contributed by atoms with van der Waals surface area (Å²) in [6, 6.07) is 3.18. The van der Waals surface area contributed by atoms with Gasteiger partial charge < -0.3 is 15.0 Å². The first-order chi connectivity index (χ1) is 13.5. The zero-order chi connectivity index (χ0) is 21.2. The maximum atomic E-state index is 12.5. The van der Waals surface area contributed by atoms with Crippen LogP contribution < -0.4 is 10.0 Å². The number of likely N-dealkylation sites (tertiary alicyclic amines) is 1. The van der Waals surface area contributed by atoms with Gasteiger partial charge in [0.15, 0.2) is 10.8 Å². The molecule has 1 fully saturated rings. The zero-order valence-corrected chi connectivity index (χ0v) is 18.4. The van der Waals surface area contributed by atoms with Crippen molar-refractivity contribution in [3.63, 3.8) is 0 Å². The third kappa shape index (κ3) is 5.57. The largest absolute Gasteiger partial charge is 0.444 e. The minimum Gasteiger partial charge on any atom is -0.444 e. The number of hydrogen-bond acceptors (Lipinski definition) is 8. The highest BCUT2D eigenvalue weighted by atomic mass is 32.2. The van der Waals surface area contributed by atoms with E-state index in [1.54, 1.807) is 28.8 Å². The normalized spacial score (nSPS) is 17.2. The van der Waals surface area contributed by atoms with Crippen LogP contribution in [0.5, 0.6) is 0 Å². The highest BCUT2D eigenvalue weighted by molar-refractivity contribution is 7.92. The van der Waals surface area contributed by atoms with Crippen molar-refractivity contribution in [3.8, 4) is 0 Å². The second-order valence-electron chi connectivity index (χ2n) is 7.82. The van der Waals surface area contributed by atoms with Crippen LogP contribution >= 0.6 is 11.3 Å². The minimum atomic E-state index is -3.80. The smallest absolute Gasteiger partial charge is 0.410 e. The molecular formula is C18H25N5O4S2. The van der Waals surface area contributed by atoms with E-state index in [1.807, 2.05) is 20.8 Å². The van der Waals surface area contributed by atoms with Crippen molar-refractivity contribution in [2.45, 2.75) is 50.8 Å². The van der Waals surface area contributed by atoms with Gasteiger partial charge in [0.2, 0.25) is 0 Å². The van der Waals surface area contributed by atoms with Gasteiger partial charge in [0, 0.05) is 24.5 Å². The molecule has 0 aromatic carbocycles. The van der Waals surface area contributed by atoms with Crippen LogP contribution in [0, 0.1) is 6.92 Å². The van der Waals surface area contributed by atoms with Crippen LogP contribution in [-0.4, -0.2) is 54.1 Å². The maximum absolute atomic E-state index is 12.5. The van der Waals surface area contributed by atoms with Crippen LogP contribution in [0.25, 0.3) is 0 Å². The molecule has 2 aromatic heterocycles. The van der Waals surface area contributed by atoms with E-state index in [4.69, 9.17) is 4.74 Å². The molecule has 1 unspecified atom stereocenters. The fourth-order valence-corrected chi connectivity index (χ4v) is 4.44. The Hall–Kier alpha value is -2.40. The number of nitrogens with zero attached hydrogens (tertiary/aromatic N) is 3. The van der Waals surface area contributed by atoms with Gasteiger partial charge in [-0.05, 0) is 46.2 Å². The standard InChI is InChI=1S/C18H25N5O4S2/c1-12-14(21-13-7-8-23(9-13)17(24)27-18(2,3)4)5-6-16(20-12)29(25,26)22-15-10-28-11-19-15/h5-6,10-11,13,21-22H,7-9H2,1-4H3. The van der Waals surface area contributed by atoms with E-state index in [2.05, 4.69) is 20.0 Å². The van der Waals surface area contributed by atoms with Crippen LogP contribution in [0.15, 0.2) is 28.0 Å². The lowest BCUT2D eigenvalue weighted by molar-refractivity contribution is 0.0293. The summed E-state index contributed by atoms with van der Waals surface area (Å²) < 4.78 is 32.7. The van der Waals surface area contributed by atoms with E-state index < -0.39 is 15.6 Å². The molecule has 0 saturated carbocycles. The molecule has 158 valence electrons. The molecule has 0 bridgehead atoms. The van der Waals surface area contributed by atoms with Gasteiger partial charge in [0.1, 0.15) is 5.60 Å². The van der Waals surface area contributed by atoms with Crippen LogP contribution in [0.2, 0.25) is 0 Å². The summed E-state index contributed by atoms with van der Waals surface area (Å²) in [4.78, 5) is 22.0. The van der Waals surface area contributed by atoms with Crippen molar-refractivity contribution in [1.82, 2.24) is 14.9 Å². The number of thiazole rings is 1. The van der Waals surface area contributed by atoms with Gasteiger partial charge in [-0.15, -0.1) is 11.3 Å². The monoisotopic (exact) mass is 439 g/mol. The lowest BCUT2D eigenvalue weighted by Crippen LogP contribution is -2.36. The Kier molecular flexibility index (Phi) is 5.99. The summed E-state index contributed by atoms with van der Waals surface area (Å²) >= 11 is 1.30. The molecule has 29 heavy (non-hydrogen) atoms. The van der Waals surface area contributed by atoms with Crippen molar-refractivity contribution in [2.75, 3.05) is 23.1 Å². The molecule has 2 N–H and O–H groups in total. The molecule has 1 amide bonds. The lowest BCUT2D eigenvalue weighted by atomic mass is 10.2. The Labute approximate surface area is 174 Å². The molecule has 0 radical (unpaired) electrons. The average molecular weight is 440 g/mol. The molecule has 0 aliphatic carbocycles. The Morgan fingerprint density at radius 3 is 2.72 bits per heavy atom. The zero-order valence-electron chi connectivity index (χ0n) is 16.8. The lowest BCUT2D eigenvalue weighted by Gasteiger charge is -2.24. The molecule has 1 aliphatic rings. The Morgan fingerprint density at radius 2 is 2.10 bits per heavy atom. The first-order valence-corrected chi connectivity index (χ1v) is 11.6. The number of pyridine rings is 1. The van der Waals surface area contributed by atoms with E-state index in [0.717, 1.165) is 12.1 Å². The number of carbonyl (C=O) groups is 1. The van der Waals surface area contributed by atoms with Crippen molar-refractivity contribution in [3.05, 3.63) is 28.7 Å². The summed E-state index contributed by atoms with van der Waals surface area (Å²) in [5, 5.41) is 4.88. The second kappa shape index (κ2) is 8.15. The first-order valence-electron chi connectivity index (χ1n) is 9.16. The van der Waals surface area contributed by atoms with Gasteiger partial charge in [0.05, 0.1) is 16.9 Å². The quantitative estimate of drug-likeness (QED) is 0.736. The number of hydrogen-bond donors (Lipinski definition) is 2. The van der Waals surface area contributed by atoms with E-state index >= 15 is 0 Å².